The largest absolute Gasteiger partial charge is 0.383 e. The summed E-state index contributed by atoms with van der Waals surface area (Å²) < 4.78 is 5.06. The number of hydrogen-bond donors (Lipinski definition) is 2. The molecule has 1 atom stereocenters. The van der Waals surface area contributed by atoms with Gasteiger partial charge in [0.25, 0.3) is 0 Å². The van der Waals surface area contributed by atoms with Crippen molar-refractivity contribution >= 4 is 11.6 Å². The molecule has 1 aromatic carbocycles. The Morgan fingerprint density at radius 2 is 2.19 bits per heavy atom. The number of guanidine groups is 1. The van der Waals surface area contributed by atoms with Gasteiger partial charge in [-0.15, -0.1) is 0 Å². The Kier molecular flexibility index (Phi) is 5.63. The van der Waals surface area contributed by atoms with Gasteiger partial charge in [-0.2, -0.15) is 0 Å². The molecule has 5 nitrogen and oxygen atoms in total. The minimum atomic E-state index is 0.153. The van der Waals surface area contributed by atoms with Gasteiger partial charge in [-0.1, -0.05) is 24.3 Å². The zero-order chi connectivity index (χ0) is 15.1. The maximum Gasteiger partial charge on any atom is 0.189 e. The standard InChI is InChI=1S/C16H24N4O/c1-13(12-21-2)19-16(17)18-11-14-6-5-7-15(10-14)20-8-3-4-9-20/h3-7,10,13H,8-9,11-12H2,1-2H3,(H3,17,18,19). The monoisotopic (exact) mass is 288 g/mol. The van der Waals surface area contributed by atoms with Crippen LogP contribution in [0.1, 0.15) is 12.5 Å². The molecule has 2 rings (SSSR count). The summed E-state index contributed by atoms with van der Waals surface area (Å²) in [4.78, 5) is 6.69. The third-order valence-corrected chi connectivity index (χ3v) is 3.34. The SMILES string of the molecule is COCC(C)NC(N)=NCc1cccc(N2CC=CC2)c1. The minimum Gasteiger partial charge on any atom is -0.383 e. The topological polar surface area (TPSA) is 62.9 Å². The molecule has 0 bridgehead atoms. The van der Waals surface area contributed by atoms with Gasteiger partial charge in [0.05, 0.1) is 13.2 Å². The van der Waals surface area contributed by atoms with Crippen LogP contribution in [-0.2, 0) is 11.3 Å². The second-order valence-corrected chi connectivity index (χ2v) is 5.25. The highest BCUT2D eigenvalue weighted by molar-refractivity contribution is 5.78. The summed E-state index contributed by atoms with van der Waals surface area (Å²) in [5, 5.41) is 3.10. The molecule has 1 aromatic rings. The van der Waals surface area contributed by atoms with Crippen LogP contribution in [0, 0.1) is 0 Å². The number of nitrogens with one attached hydrogen (secondary N) is 1. The number of rotatable bonds is 6. The van der Waals surface area contributed by atoms with Gasteiger partial charge in [0.15, 0.2) is 5.96 Å². The fourth-order valence-electron chi connectivity index (χ4n) is 2.31. The number of nitrogens with two attached hydrogens (primary N) is 1. The van der Waals surface area contributed by atoms with Gasteiger partial charge in [0.2, 0.25) is 0 Å². The molecule has 5 heteroatoms. The summed E-state index contributed by atoms with van der Waals surface area (Å²) in [5.74, 6) is 0.452. The third-order valence-electron chi connectivity index (χ3n) is 3.34. The number of methoxy groups -OCH3 is 1. The molecule has 21 heavy (non-hydrogen) atoms. The van der Waals surface area contributed by atoms with E-state index in [4.69, 9.17) is 10.5 Å². The molecule has 1 unspecified atom stereocenters. The van der Waals surface area contributed by atoms with Crippen molar-refractivity contribution in [3.63, 3.8) is 0 Å². The van der Waals surface area contributed by atoms with Crippen LogP contribution in [0.25, 0.3) is 0 Å². The molecule has 3 N–H and O–H groups in total. The van der Waals surface area contributed by atoms with E-state index >= 15 is 0 Å². The lowest BCUT2D eigenvalue weighted by Gasteiger charge is -2.18. The highest BCUT2D eigenvalue weighted by Crippen LogP contribution is 2.18. The molecular weight excluding hydrogens is 264 g/mol. The molecule has 0 saturated heterocycles. The van der Waals surface area contributed by atoms with Crippen molar-refractivity contribution in [1.82, 2.24) is 5.32 Å². The molecule has 1 heterocycles. The van der Waals surface area contributed by atoms with Gasteiger partial charge in [-0.3, -0.25) is 0 Å². The second kappa shape index (κ2) is 7.69. The minimum absolute atomic E-state index is 0.153. The van der Waals surface area contributed by atoms with Crippen molar-refractivity contribution in [2.75, 3.05) is 31.7 Å². The third kappa shape index (κ3) is 4.79. The zero-order valence-corrected chi connectivity index (χ0v) is 12.7. The van der Waals surface area contributed by atoms with Crippen LogP contribution < -0.4 is 16.0 Å². The van der Waals surface area contributed by atoms with Gasteiger partial charge in [0, 0.05) is 31.9 Å². The summed E-state index contributed by atoms with van der Waals surface area (Å²) in [7, 11) is 1.67. The first-order chi connectivity index (χ1) is 10.2. The second-order valence-electron chi connectivity index (χ2n) is 5.25. The van der Waals surface area contributed by atoms with E-state index in [-0.39, 0.29) is 6.04 Å². The molecule has 1 aliphatic rings. The van der Waals surface area contributed by atoms with Crippen LogP contribution in [-0.4, -0.2) is 38.8 Å². The van der Waals surface area contributed by atoms with E-state index in [9.17, 15) is 0 Å². The number of anilines is 1. The highest BCUT2D eigenvalue weighted by Gasteiger charge is 2.07. The summed E-state index contributed by atoms with van der Waals surface area (Å²) in [6.07, 6.45) is 4.37. The van der Waals surface area contributed by atoms with Crippen LogP contribution in [0.15, 0.2) is 41.4 Å². The molecule has 0 aliphatic carbocycles. The van der Waals surface area contributed by atoms with Crippen molar-refractivity contribution in [3.05, 3.63) is 42.0 Å². The smallest absolute Gasteiger partial charge is 0.189 e. The average Bonchev–Trinajstić information content (AvgIpc) is 3.00. The number of benzene rings is 1. The normalized spacial score (nSPS) is 16.3. The molecule has 0 fully saturated rings. The van der Waals surface area contributed by atoms with Gasteiger partial charge < -0.3 is 20.7 Å². The highest BCUT2D eigenvalue weighted by atomic mass is 16.5. The predicted molar refractivity (Wildman–Crippen MR) is 87.6 cm³/mol. The average molecular weight is 288 g/mol. The summed E-state index contributed by atoms with van der Waals surface area (Å²) in [6.45, 7) is 5.14. The molecule has 1 aliphatic heterocycles. The first kappa shape index (κ1) is 15.4. The van der Waals surface area contributed by atoms with Crippen molar-refractivity contribution in [2.24, 2.45) is 10.7 Å². The van der Waals surface area contributed by atoms with Crippen LogP contribution in [0.5, 0.6) is 0 Å². The van der Waals surface area contributed by atoms with E-state index in [0.717, 1.165) is 18.7 Å². The van der Waals surface area contributed by atoms with Crippen molar-refractivity contribution < 1.29 is 4.74 Å². The number of ether oxygens (including phenoxy) is 1. The Morgan fingerprint density at radius 3 is 2.90 bits per heavy atom. The maximum atomic E-state index is 5.88. The van der Waals surface area contributed by atoms with E-state index in [1.54, 1.807) is 7.11 Å². The van der Waals surface area contributed by atoms with Gasteiger partial charge in [-0.25, -0.2) is 4.99 Å². The lowest BCUT2D eigenvalue weighted by Crippen LogP contribution is -2.40. The molecule has 0 saturated carbocycles. The summed E-state index contributed by atoms with van der Waals surface area (Å²) in [5.41, 5.74) is 8.26. The molecule has 0 spiro atoms. The van der Waals surface area contributed by atoms with E-state index in [1.807, 2.05) is 6.92 Å². The summed E-state index contributed by atoms with van der Waals surface area (Å²) in [6, 6.07) is 8.59. The van der Waals surface area contributed by atoms with Crippen molar-refractivity contribution in [2.45, 2.75) is 19.5 Å². The number of nitrogens with zero attached hydrogens (tertiary/aromatic N) is 2. The Hall–Kier alpha value is -2.01. The lowest BCUT2D eigenvalue weighted by molar-refractivity contribution is 0.179. The van der Waals surface area contributed by atoms with E-state index in [1.165, 1.54) is 5.69 Å². The number of hydrogen-bond acceptors (Lipinski definition) is 3. The Bertz CT molecular complexity index is 505. The molecule has 0 amide bonds. The van der Waals surface area contributed by atoms with Crippen LogP contribution in [0.3, 0.4) is 0 Å². The van der Waals surface area contributed by atoms with Crippen molar-refractivity contribution in [1.29, 1.82) is 0 Å². The van der Waals surface area contributed by atoms with Crippen LogP contribution in [0.2, 0.25) is 0 Å². The quantitative estimate of drug-likeness (QED) is 0.473. The van der Waals surface area contributed by atoms with Gasteiger partial charge in [0.1, 0.15) is 0 Å². The number of aliphatic imine (C=N–C) groups is 1. The molecule has 0 aromatic heterocycles. The predicted octanol–water partition coefficient (Wildman–Crippen LogP) is 1.50. The maximum absolute atomic E-state index is 5.88. The summed E-state index contributed by atoms with van der Waals surface area (Å²) >= 11 is 0. The molecule has 0 radical (unpaired) electrons. The zero-order valence-electron chi connectivity index (χ0n) is 12.7. The van der Waals surface area contributed by atoms with E-state index in [2.05, 4.69) is 51.6 Å². The Morgan fingerprint density at radius 1 is 1.43 bits per heavy atom. The lowest BCUT2D eigenvalue weighted by atomic mass is 10.2. The van der Waals surface area contributed by atoms with Crippen molar-refractivity contribution in [3.8, 4) is 0 Å². The van der Waals surface area contributed by atoms with Gasteiger partial charge in [-0.05, 0) is 24.6 Å². The molecule has 114 valence electrons. The fraction of sp³-hybridized carbons (Fsp3) is 0.438. The van der Waals surface area contributed by atoms with Crippen LogP contribution in [0.4, 0.5) is 5.69 Å². The van der Waals surface area contributed by atoms with E-state index < -0.39 is 0 Å². The Balaban J connectivity index is 1.91. The molecular formula is C16H24N4O. The fourth-order valence-corrected chi connectivity index (χ4v) is 2.31. The van der Waals surface area contributed by atoms with Crippen LogP contribution >= 0.6 is 0 Å². The first-order valence-corrected chi connectivity index (χ1v) is 7.23. The van der Waals surface area contributed by atoms with Gasteiger partial charge >= 0.3 is 0 Å². The first-order valence-electron chi connectivity index (χ1n) is 7.23. The Labute approximate surface area is 126 Å². The van der Waals surface area contributed by atoms with E-state index in [0.29, 0.717) is 19.1 Å².